The molecular weight excluding hydrogens is 831 g/mol. The second-order valence-corrected chi connectivity index (χ2v) is 21.0. The summed E-state index contributed by atoms with van der Waals surface area (Å²) < 4.78 is 6.09. The van der Waals surface area contributed by atoms with Crippen LogP contribution in [0.4, 0.5) is 17.1 Å². The van der Waals surface area contributed by atoms with E-state index >= 15 is 0 Å². The molecule has 3 heterocycles. The van der Waals surface area contributed by atoms with Crippen LogP contribution in [-0.2, 0) is 25.5 Å². The first-order valence-electron chi connectivity index (χ1n) is 17.8. The van der Waals surface area contributed by atoms with Gasteiger partial charge in [0.1, 0.15) is 5.58 Å². The largest absolute Gasteiger partial charge is 3.00 e. The summed E-state index contributed by atoms with van der Waals surface area (Å²) in [6.45, 7) is 18.9. The standard InChI is InChI=1S/C25H16N2O.C21H30NSi.Ir/c1-2-8-18(9-3-1)27-22-12-6-5-11-21(22)26-25(27)17-14-15-20-19-10-4-7-13-23(19)28-24(20)16-17;1-20(2,3)21(4,5)17-14-18(16-12-10-9-11-13-16)22-15-19(17)23(6,7)8;/h1-13,15-16,25H;9-12,14-15H,1-8H3;/q-2;-1;+3. The molecule has 7 aromatic rings. The zero-order valence-corrected chi connectivity index (χ0v) is 34.7. The van der Waals surface area contributed by atoms with Crippen LogP contribution in [0, 0.1) is 17.5 Å². The van der Waals surface area contributed by atoms with Gasteiger partial charge in [0, 0.05) is 23.2 Å². The molecule has 52 heavy (non-hydrogen) atoms. The van der Waals surface area contributed by atoms with Crippen molar-refractivity contribution in [2.24, 2.45) is 5.41 Å². The molecular formula is C46H46IrN3OSi. The van der Waals surface area contributed by atoms with Crippen molar-refractivity contribution in [1.29, 1.82) is 0 Å². The van der Waals surface area contributed by atoms with Crippen molar-refractivity contribution >= 4 is 52.3 Å². The van der Waals surface area contributed by atoms with E-state index in [4.69, 9.17) is 14.7 Å². The molecule has 6 heteroatoms. The summed E-state index contributed by atoms with van der Waals surface area (Å²) in [6.07, 6.45) is 1.96. The van der Waals surface area contributed by atoms with E-state index in [-0.39, 0.29) is 37.1 Å². The van der Waals surface area contributed by atoms with Gasteiger partial charge in [-0.05, 0) is 63.1 Å². The zero-order valence-electron chi connectivity index (χ0n) is 31.3. The van der Waals surface area contributed by atoms with E-state index < -0.39 is 8.07 Å². The maximum Gasteiger partial charge on any atom is 3.00 e. The van der Waals surface area contributed by atoms with Crippen molar-refractivity contribution < 1.29 is 24.5 Å². The number of hydrogen-bond donors (Lipinski definition) is 0. The van der Waals surface area contributed by atoms with Gasteiger partial charge in [-0.2, -0.15) is 17.7 Å². The number of pyridine rings is 1. The number of fused-ring (bicyclic) bond motifs is 4. The average molecular weight is 877 g/mol. The zero-order chi connectivity index (χ0) is 36.0. The van der Waals surface area contributed by atoms with Gasteiger partial charge in [0.05, 0.1) is 8.07 Å². The first kappa shape index (κ1) is 37.3. The molecule has 0 amide bonds. The van der Waals surface area contributed by atoms with E-state index in [1.165, 1.54) is 10.8 Å². The van der Waals surface area contributed by atoms with Crippen molar-refractivity contribution in [3.8, 4) is 11.3 Å². The van der Waals surface area contributed by atoms with Crippen LogP contribution >= 0.6 is 0 Å². The number of rotatable bonds is 5. The Hall–Kier alpha value is -4.48. The Balaban J connectivity index is 0.000000179. The third kappa shape index (κ3) is 7.12. The van der Waals surface area contributed by atoms with Crippen molar-refractivity contribution in [1.82, 2.24) is 4.98 Å². The van der Waals surface area contributed by atoms with E-state index in [9.17, 15) is 0 Å². The minimum atomic E-state index is -1.46. The molecule has 5 aromatic carbocycles. The number of para-hydroxylation sites is 4. The first-order chi connectivity index (χ1) is 24.3. The Morgan fingerprint density at radius 2 is 1.44 bits per heavy atom. The van der Waals surface area contributed by atoms with Gasteiger partial charge in [-0.3, -0.25) is 0 Å². The number of furan rings is 1. The van der Waals surface area contributed by atoms with Gasteiger partial charge in [-0.15, -0.1) is 47.6 Å². The summed E-state index contributed by atoms with van der Waals surface area (Å²) in [6, 6.07) is 48.0. The molecule has 0 aliphatic carbocycles. The molecule has 0 radical (unpaired) electrons. The summed E-state index contributed by atoms with van der Waals surface area (Å²) in [5, 5.41) is 8.66. The molecule has 0 saturated carbocycles. The number of nitrogens with zero attached hydrogens (tertiary/aromatic N) is 3. The molecule has 1 atom stereocenters. The molecule has 264 valence electrons. The maximum atomic E-state index is 6.09. The van der Waals surface area contributed by atoms with Crippen LogP contribution in [0.3, 0.4) is 0 Å². The van der Waals surface area contributed by atoms with Crippen molar-refractivity contribution in [3.05, 3.63) is 156 Å². The minimum Gasteiger partial charge on any atom is -0.661 e. The van der Waals surface area contributed by atoms with Gasteiger partial charge >= 0.3 is 20.1 Å². The fourth-order valence-corrected chi connectivity index (χ4v) is 8.32. The van der Waals surface area contributed by atoms with Crippen molar-refractivity contribution in [2.75, 3.05) is 4.90 Å². The van der Waals surface area contributed by atoms with E-state index in [0.717, 1.165) is 55.8 Å². The molecule has 8 rings (SSSR count). The number of hydrogen-bond acceptors (Lipinski definition) is 3. The van der Waals surface area contributed by atoms with E-state index in [0.29, 0.717) is 0 Å². The molecule has 1 aliphatic rings. The van der Waals surface area contributed by atoms with Gasteiger partial charge in [0.2, 0.25) is 0 Å². The van der Waals surface area contributed by atoms with Crippen molar-refractivity contribution in [3.63, 3.8) is 0 Å². The summed E-state index contributed by atoms with van der Waals surface area (Å²) in [5.74, 6) is 0. The molecule has 0 saturated heterocycles. The second-order valence-electron chi connectivity index (χ2n) is 16.0. The Morgan fingerprint density at radius 1 is 0.750 bits per heavy atom. The second kappa shape index (κ2) is 14.5. The SMILES string of the molecule is CC(C)(C)C(C)(C)c1cc(-c2[c-]cccc2)ncc1[Si](C)(C)C.[Ir+3].[c-]1cc2c(cc1C1[N-]c3ccccc3N1c1ccccc1)oc1ccccc12. The first-order valence-corrected chi connectivity index (χ1v) is 21.3. The van der Waals surface area contributed by atoms with Crippen LogP contribution in [-0.4, -0.2) is 13.1 Å². The molecule has 0 fully saturated rings. The predicted molar refractivity (Wildman–Crippen MR) is 217 cm³/mol. The molecule has 0 bridgehead atoms. The number of benzene rings is 5. The van der Waals surface area contributed by atoms with Gasteiger partial charge in [-0.25, -0.2) is 0 Å². The van der Waals surface area contributed by atoms with Crippen LogP contribution in [0.5, 0.6) is 0 Å². The van der Waals surface area contributed by atoms with Gasteiger partial charge < -0.3 is 19.6 Å². The molecule has 4 nitrogen and oxygen atoms in total. The van der Waals surface area contributed by atoms with E-state index in [2.05, 4.69) is 150 Å². The molecule has 1 aliphatic heterocycles. The van der Waals surface area contributed by atoms with Crippen LogP contribution in [0.1, 0.15) is 51.9 Å². The monoisotopic (exact) mass is 877 g/mol. The van der Waals surface area contributed by atoms with Crippen LogP contribution in [0.2, 0.25) is 19.6 Å². The van der Waals surface area contributed by atoms with Gasteiger partial charge in [0.15, 0.2) is 0 Å². The molecule has 0 N–H and O–H groups in total. The Bertz CT molecular complexity index is 2300. The Labute approximate surface area is 323 Å². The average Bonchev–Trinajstić information content (AvgIpc) is 3.70. The number of anilines is 2. The third-order valence-electron chi connectivity index (χ3n) is 10.5. The van der Waals surface area contributed by atoms with E-state index in [1.54, 1.807) is 0 Å². The quantitative estimate of drug-likeness (QED) is 0.128. The summed E-state index contributed by atoms with van der Waals surface area (Å²) in [7, 11) is -1.46. The summed E-state index contributed by atoms with van der Waals surface area (Å²) in [4.78, 5) is 7.03. The smallest absolute Gasteiger partial charge is 0.661 e. The number of aromatic nitrogens is 1. The minimum absolute atomic E-state index is 0. The maximum absolute atomic E-state index is 6.09. The third-order valence-corrected chi connectivity index (χ3v) is 12.6. The molecule has 1 unspecified atom stereocenters. The predicted octanol–water partition coefficient (Wildman–Crippen LogP) is 12.7. The van der Waals surface area contributed by atoms with Gasteiger partial charge in [0.25, 0.3) is 0 Å². The fraction of sp³-hybridized carbons (Fsp3) is 0.239. The van der Waals surface area contributed by atoms with Crippen LogP contribution in [0.15, 0.2) is 132 Å². The van der Waals surface area contributed by atoms with Crippen molar-refractivity contribution in [2.45, 2.75) is 65.8 Å². The molecule has 2 aromatic heterocycles. The van der Waals surface area contributed by atoms with Crippen LogP contribution < -0.4 is 10.1 Å². The summed E-state index contributed by atoms with van der Waals surface area (Å²) in [5.41, 5.74) is 9.78. The Morgan fingerprint density at radius 3 is 2.15 bits per heavy atom. The van der Waals surface area contributed by atoms with Crippen LogP contribution in [0.25, 0.3) is 38.5 Å². The topological polar surface area (TPSA) is 43.4 Å². The van der Waals surface area contributed by atoms with Gasteiger partial charge in [-0.1, -0.05) is 120 Å². The normalized spacial score (nSPS) is 14.3. The van der Waals surface area contributed by atoms with E-state index in [1.807, 2.05) is 48.5 Å². The Kier molecular flexibility index (Phi) is 10.4. The fourth-order valence-electron chi connectivity index (χ4n) is 6.68. The molecule has 0 spiro atoms. The summed E-state index contributed by atoms with van der Waals surface area (Å²) >= 11 is 0.